The van der Waals surface area contributed by atoms with Crippen LogP contribution in [0.1, 0.15) is 32.1 Å². The lowest BCUT2D eigenvalue weighted by atomic mass is 10.1. The Labute approximate surface area is 78.2 Å². The minimum absolute atomic E-state index is 0.0205. The minimum Gasteiger partial charge on any atom is -0.396 e. The van der Waals surface area contributed by atoms with E-state index in [0.717, 1.165) is 12.8 Å². The monoisotopic (exact) mass is 192 g/mol. The summed E-state index contributed by atoms with van der Waals surface area (Å²) in [4.78, 5) is 10.4. The summed E-state index contributed by atoms with van der Waals surface area (Å²) in [6.07, 6.45) is 2.70. The van der Waals surface area contributed by atoms with E-state index in [-0.39, 0.29) is 11.7 Å². The SMILES string of the molecule is O=C(S)CCCC[C@H](O)CCO. The number of hydrogen-bond acceptors (Lipinski definition) is 3. The Morgan fingerprint density at radius 2 is 2.00 bits per heavy atom. The van der Waals surface area contributed by atoms with Gasteiger partial charge in [0.1, 0.15) is 0 Å². The molecule has 0 radical (unpaired) electrons. The Hall–Kier alpha value is -0.0600. The molecule has 0 aliphatic rings. The van der Waals surface area contributed by atoms with E-state index < -0.39 is 6.10 Å². The van der Waals surface area contributed by atoms with Crippen LogP contribution in [0, 0.1) is 0 Å². The van der Waals surface area contributed by atoms with Crippen LogP contribution in [0.2, 0.25) is 0 Å². The van der Waals surface area contributed by atoms with Crippen molar-refractivity contribution in [3.63, 3.8) is 0 Å². The molecule has 0 aliphatic carbocycles. The molecule has 0 bridgehead atoms. The zero-order valence-electron chi connectivity index (χ0n) is 7.07. The smallest absolute Gasteiger partial charge is 0.185 e. The van der Waals surface area contributed by atoms with Gasteiger partial charge in [0.05, 0.1) is 6.10 Å². The van der Waals surface area contributed by atoms with Crippen LogP contribution < -0.4 is 0 Å². The van der Waals surface area contributed by atoms with E-state index in [1.54, 1.807) is 0 Å². The molecule has 0 aliphatic heterocycles. The van der Waals surface area contributed by atoms with Crippen LogP contribution in [-0.2, 0) is 4.79 Å². The number of thiol groups is 1. The molecule has 0 amide bonds. The lowest BCUT2D eigenvalue weighted by Gasteiger charge is -2.06. The predicted octanol–water partition coefficient (Wildman–Crippen LogP) is 0.746. The summed E-state index contributed by atoms with van der Waals surface area (Å²) in [6, 6.07) is 0. The zero-order chi connectivity index (χ0) is 9.40. The number of unbranched alkanes of at least 4 members (excludes halogenated alkanes) is 1. The topological polar surface area (TPSA) is 57.5 Å². The summed E-state index contributed by atoms with van der Waals surface area (Å²) in [7, 11) is 0. The molecule has 0 aromatic carbocycles. The van der Waals surface area contributed by atoms with Gasteiger partial charge in [0.2, 0.25) is 0 Å². The van der Waals surface area contributed by atoms with Crippen molar-refractivity contribution in [3.05, 3.63) is 0 Å². The fourth-order valence-electron chi connectivity index (χ4n) is 0.950. The summed E-state index contributed by atoms with van der Waals surface area (Å²) in [5, 5.41) is 17.5. The van der Waals surface area contributed by atoms with Crippen LogP contribution in [-0.4, -0.2) is 28.0 Å². The van der Waals surface area contributed by atoms with Gasteiger partial charge in [0.25, 0.3) is 0 Å². The minimum atomic E-state index is -0.426. The molecule has 0 heterocycles. The van der Waals surface area contributed by atoms with Crippen molar-refractivity contribution in [1.82, 2.24) is 0 Å². The first-order chi connectivity index (χ1) is 5.66. The van der Waals surface area contributed by atoms with Crippen molar-refractivity contribution in [3.8, 4) is 0 Å². The zero-order valence-corrected chi connectivity index (χ0v) is 7.96. The van der Waals surface area contributed by atoms with Crippen molar-refractivity contribution >= 4 is 17.7 Å². The highest BCUT2D eigenvalue weighted by molar-refractivity contribution is 7.96. The first-order valence-electron chi connectivity index (χ1n) is 4.17. The third kappa shape index (κ3) is 8.04. The average Bonchev–Trinajstić information content (AvgIpc) is 1.98. The van der Waals surface area contributed by atoms with Gasteiger partial charge in [0, 0.05) is 13.0 Å². The lowest BCUT2D eigenvalue weighted by molar-refractivity contribution is -0.110. The number of aliphatic hydroxyl groups excluding tert-OH is 2. The van der Waals surface area contributed by atoms with Crippen LogP contribution in [0.25, 0.3) is 0 Å². The predicted molar refractivity (Wildman–Crippen MR) is 50.2 cm³/mol. The molecule has 3 nitrogen and oxygen atoms in total. The van der Waals surface area contributed by atoms with E-state index in [0.29, 0.717) is 19.3 Å². The second-order valence-electron chi connectivity index (χ2n) is 2.81. The molecular weight excluding hydrogens is 176 g/mol. The van der Waals surface area contributed by atoms with Gasteiger partial charge in [-0.25, -0.2) is 0 Å². The molecule has 0 aromatic rings. The van der Waals surface area contributed by atoms with Gasteiger partial charge in [0.15, 0.2) is 5.12 Å². The molecule has 0 fully saturated rings. The van der Waals surface area contributed by atoms with Gasteiger partial charge >= 0.3 is 0 Å². The van der Waals surface area contributed by atoms with Crippen LogP contribution in [0.5, 0.6) is 0 Å². The van der Waals surface area contributed by atoms with E-state index >= 15 is 0 Å². The number of rotatable bonds is 7. The molecule has 72 valence electrons. The van der Waals surface area contributed by atoms with Gasteiger partial charge in [-0.2, -0.15) is 0 Å². The molecule has 0 saturated carbocycles. The summed E-state index contributed by atoms with van der Waals surface area (Å²) in [6.45, 7) is 0.0205. The van der Waals surface area contributed by atoms with Crippen LogP contribution in [0.3, 0.4) is 0 Å². The molecule has 0 rings (SSSR count). The molecule has 0 spiro atoms. The fourth-order valence-corrected chi connectivity index (χ4v) is 1.11. The standard InChI is InChI=1S/C8H16O3S/c9-6-5-7(10)3-1-2-4-8(11)12/h7,9-10H,1-6H2,(H,11,12)/t7-/m0/s1. The summed E-state index contributed by atoms with van der Waals surface area (Å²) < 4.78 is 0. The highest BCUT2D eigenvalue weighted by atomic mass is 32.1. The summed E-state index contributed by atoms with van der Waals surface area (Å²) in [5.41, 5.74) is 0. The summed E-state index contributed by atoms with van der Waals surface area (Å²) in [5.74, 6) is 0. The Balaban J connectivity index is 3.13. The second-order valence-corrected chi connectivity index (χ2v) is 3.30. The quantitative estimate of drug-likeness (QED) is 0.412. The molecular formula is C8H16O3S. The maximum atomic E-state index is 10.4. The van der Waals surface area contributed by atoms with Crippen molar-refractivity contribution in [2.45, 2.75) is 38.2 Å². The third-order valence-corrected chi connectivity index (χ3v) is 1.86. The van der Waals surface area contributed by atoms with Crippen molar-refractivity contribution in [1.29, 1.82) is 0 Å². The van der Waals surface area contributed by atoms with Crippen molar-refractivity contribution < 1.29 is 15.0 Å². The highest BCUT2D eigenvalue weighted by Crippen LogP contribution is 2.06. The number of hydrogen-bond donors (Lipinski definition) is 3. The molecule has 0 unspecified atom stereocenters. The van der Waals surface area contributed by atoms with Gasteiger partial charge in [-0.05, 0) is 19.3 Å². The van der Waals surface area contributed by atoms with Crippen molar-refractivity contribution in [2.75, 3.05) is 6.61 Å². The Kier molecular flexibility index (Phi) is 7.54. The lowest BCUT2D eigenvalue weighted by Crippen LogP contribution is -2.08. The van der Waals surface area contributed by atoms with Crippen LogP contribution >= 0.6 is 12.6 Å². The van der Waals surface area contributed by atoms with Gasteiger partial charge in [-0.15, -0.1) is 12.6 Å². The number of aliphatic hydroxyl groups is 2. The van der Waals surface area contributed by atoms with E-state index in [1.807, 2.05) is 0 Å². The van der Waals surface area contributed by atoms with E-state index in [4.69, 9.17) is 10.2 Å². The van der Waals surface area contributed by atoms with E-state index in [9.17, 15) is 4.79 Å². The molecule has 2 N–H and O–H groups in total. The van der Waals surface area contributed by atoms with Gasteiger partial charge in [-0.3, -0.25) is 4.79 Å². The molecule has 0 saturated heterocycles. The Morgan fingerprint density at radius 3 is 2.50 bits per heavy atom. The van der Waals surface area contributed by atoms with Crippen LogP contribution in [0.15, 0.2) is 0 Å². The summed E-state index contributed by atoms with van der Waals surface area (Å²) >= 11 is 3.62. The number of carbonyl (C=O) groups is 1. The Morgan fingerprint density at radius 1 is 1.33 bits per heavy atom. The molecule has 0 aromatic heterocycles. The average molecular weight is 192 g/mol. The largest absolute Gasteiger partial charge is 0.396 e. The van der Waals surface area contributed by atoms with Gasteiger partial charge < -0.3 is 10.2 Å². The van der Waals surface area contributed by atoms with Gasteiger partial charge in [-0.1, -0.05) is 6.42 Å². The van der Waals surface area contributed by atoms with E-state index in [2.05, 4.69) is 12.6 Å². The normalized spacial score (nSPS) is 12.9. The van der Waals surface area contributed by atoms with E-state index in [1.165, 1.54) is 0 Å². The highest BCUT2D eigenvalue weighted by Gasteiger charge is 2.02. The molecule has 1 atom stereocenters. The fraction of sp³-hybridized carbons (Fsp3) is 0.875. The second kappa shape index (κ2) is 7.58. The third-order valence-electron chi connectivity index (χ3n) is 1.64. The first-order valence-corrected chi connectivity index (χ1v) is 4.62. The van der Waals surface area contributed by atoms with Crippen molar-refractivity contribution in [2.24, 2.45) is 0 Å². The molecule has 4 heteroatoms. The Bertz CT molecular complexity index is 127. The number of carbonyl (C=O) groups excluding carboxylic acids is 1. The molecule has 12 heavy (non-hydrogen) atoms. The first kappa shape index (κ1) is 11.9. The maximum Gasteiger partial charge on any atom is 0.185 e. The maximum absolute atomic E-state index is 10.4. The van der Waals surface area contributed by atoms with Crippen LogP contribution in [0.4, 0.5) is 0 Å².